The molecule has 1 heterocycles. The van der Waals surface area contributed by atoms with Crippen LogP contribution in [-0.4, -0.2) is 55.6 Å². The molecule has 1 fully saturated rings. The van der Waals surface area contributed by atoms with Gasteiger partial charge in [-0.05, 0) is 6.92 Å². The van der Waals surface area contributed by atoms with Gasteiger partial charge in [-0.25, -0.2) is 5.84 Å². The Morgan fingerprint density at radius 2 is 1.93 bits per heavy atom. The molecule has 0 amide bonds. The number of halogens is 2. The van der Waals surface area contributed by atoms with Crippen molar-refractivity contribution < 1.29 is 0 Å². The molecule has 0 unspecified atom stereocenters. The molecule has 1 saturated heterocycles. The van der Waals surface area contributed by atoms with Crippen LogP contribution in [0.25, 0.3) is 0 Å². The molecule has 0 atom stereocenters. The number of nitrogens with one attached hydrogen (secondary N) is 1. The number of aliphatic imine (C=N–C) groups is 1. The number of piperazine rings is 1. The van der Waals surface area contributed by atoms with Crippen molar-refractivity contribution in [1.82, 2.24) is 15.2 Å². The standard InChI is InChI=1S/C8H19N5.2ClH/c1-3-11-8(12(2)9)13-6-4-10-5-7-13;;/h10H,3-7,9H2,1-2H3;2*1H. The van der Waals surface area contributed by atoms with Crippen LogP contribution < -0.4 is 11.2 Å². The number of hydrogen-bond acceptors (Lipinski definition) is 3. The van der Waals surface area contributed by atoms with E-state index in [2.05, 4.69) is 15.2 Å². The summed E-state index contributed by atoms with van der Waals surface area (Å²) in [7, 11) is 1.83. The van der Waals surface area contributed by atoms with E-state index in [-0.39, 0.29) is 24.8 Å². The SMILES string of the molecule is CCN=C(N(C)N)N1CCNCC1.Cl.Cl. The van der Waals surface area contributed by atoms with Gasteiger partial charge >= 0.3 is 0 Å². The van der Waals surface area contributed by atoms with Crippen LogP contribution in [0.15, 0.2) is 4.99 Å². The molecule has 15 heavy (non-hydrogen) atoms. The van der Waals surface area contributed by atoms with Gasteiger partial charge in [0.2, 0.25) is 5.96 Å². The van der Waals surface area contributed by atoms with E-state index in [0.717, 1.165) is 38.7 Å². The first kappa shape index (κ1) is 17.2. The molecule has 7 heteroatoms. The highest BCUT2D eigenvalue weighted by Gasteiger charge is 2.15. The van der Waals surface area contributed by atoms with Gasteiger partial charge < -0.3 is 10.2 Å². The molecule has 1 aliphatic heterocycles. The number of guanidine groups is 1. The average molecular weight is 258 g/mol. The maximum absolute atomic E-state index is 5.69. The van der Waals surface area contributed by atoms with Gasteiger partial charge in [-0.1, -0.05) is 0 Å². The van der Waals surface area contributed by atoms with Gasteiger partial charge in [0.25, 0.3) is 0 Å². The highest BCUT2D eigenvalue weighted by molar-refractivity contribution is 5.85. The zero-order valence-electron chi connectivity index (χ0n) is 9.27. The minimum Gasteiger partial charge on any atom is -0.339 e. The Hall–Kier alpha value is -0.230. The maximum Gasteiger partial charge on any atom is 0.210 e. The summed E-state index contributed by atoms with van der Waals surface area (Å²) in [6.45, 7) is 6.79. The number of rotatable bonds is 1. The van der Waals surface area contributed by atoms with Crippen LogP contribution in [0.5, 0.6) is 0 Å². The molecular formula is C8H21Cl2N5. The summed E-state index contributed by atoms with van der Waals surface area (Å²) < 4.78 is 0. The largest absolute Gasteiger partial charge is 0.339 e. The van der Waals surface area contributed by atoms with Crippen molar-refractivity contribution in [2.75, 3.05) is 39.8 Å². The van der Waals surface area contributed by atoms with Crippen molar-refractivity contribution in [2.24, 2.45) is 10.8 Å². The van der Waals surface area contributed by atoms with Gasteiger partial charge in [0.05, 0.1) is 0 Å². The van der Waals surface area contributed by atoms with Crippen molar-refractivity contribution in [3.63, 3.8) is 0 Å². The van der Waals surface area contributed by atoms with Crippen LogP contribution in [0, 0.1) is 0 Å². The van der Waals surface area contributed by atoms with Crippen LogP contribution in [0.2, 0.25) is 0 Å². The molecule has 0 aromatic carbocycles. The van der Waals surface area contributed by atoms with Gasteiger partial charge in [0, 0.05) is 39.8 Å². The van der Waals surface area contributed by atoms with Crippen LogP contribution in [-0.2, 0) is 0 Å². The second-order valence-electron chi connectivity index (χ2n) is 3.12. The van der Waals surface area contributed by atoms with Gasteiger partial charge in [-0.2, -0.15) is 0 Å². The third-order valence-electron chi connectivity index (χ3n) is 2.01. The van der Waals surface area contributed by atoms with Crippen molar-refractivity contribution in [3.05, 3.63) is 0 Å². The molecule has 5 nitrogen and oxygen atoms in total. The maximum atomic E-state index is 5.69. The van der Waals surface area contributed by atoms with E-state index in [1.165, 1.54) is 0 Å². The monoisotopic (exact) mass is 257 g/mol. The molecule has 0 bridgehead atoms. The fourth-order valence-corrected chi connectivity index (χ4v) is 1.44. The molecule has 0 radical (unpaired) electrons. The molecular weight excluding hydrogens is 237 g/mol. The first-order valence-electron chi connectivity index (χ1n) is 4.74. The number of hydrazine groups is 1. The van der Waals surface area contributed by atoms with Crippen molar-refractivity contribution >= 4 is 30.8 Å². The van der Waals surface area contributed by atoms with E-state index in [1.54, 1.807) is 5.01 Å². The lowest BCUT2D eigenvalue weighted by molar-refractivity contribution is 0.310. The van der Waals surface area contributed by atoms with E-state index in [4.69, 9.17) is 5.84 Å². The second-order valence-corrected chi connectivity index (χ2v) is 3.12. The lowest BCUT2D eigenvalue weighted by Gasteiger charge is -2.32. The quantitative estimate of drug-likeness (QED) is 0.299. The molecule has 0 aromatic heterocycles. The average Bonchev–Trinajstić information content (AvgIpc) is 2.15. The summed E-state index contributed by atoms with van der Waals surface area (Å²) >= 11 is 0. The van der Waals surface area contributed by atoms with Gasteiger partial charge in [0.1, 0.15) is 0 Å². The summed E-state index contributed by atoms with van der Waals surface area (Å²) in [5, 5.41) is 4.89. The van der Waals surface area contributed by atoms with Crippen LogP contribution in [0.4, 0.5) is 0 Å². The zero-order chi connectivity index (χ0) is 9.68. The molecule has 3 N–H and O–H groups in total. The first-order valence-corrected chi connectivity index (χ1v) is 4.74. The Kier molecular flexibility index (Phi) is 10.3. The Labute approximate surface area is 104 Å². The summed E-state index contributed by atoms with van der Waals surface area (Å²) in [6, 6.07) is 0. The molecule has 0 aromatic rings. The highest BCUT2D eigenvalue weighted by Crippen LogP contribution is 1.96. The minimum atomic E-state index is 0. The van der Waals surface area contributed by atoms with Crippen LogP contribution >= 0.6 is 24.8 Å². The molecule has 92 valence electrons. The van der Waals surface area contributed by atoms with Crippen molar-refractivity contribution in [2.45, 2.75) is 6.92 Å². The fourth-order valence-electron chi connectivity index (χ4n) is 1.44. The predicted octanol–water partition coefficient (Wildman–Crippen LogP) is -0.0834. The van der Waals surface area contributed by atoms with E-state index in [0.29, 0.717) is 0 Å². The third kappa shape index (κ3) is 5.41. The summed E-state index contributed by atoms with van der Waals surface area (Å²) in [5.41, 5.74) is 0. The smallest absolute Gasteiger partial charge is 0.210 e. The number of hydrogen-bond donors (Lipinski definition) is 2. The van der Waals surface area contributed by atoms with Crippen molar-refractivity contribution in [1.29, 1.82) is 0 Å². The highest BCUT2D eigenvalue weighted by atomic mass is 35.5. The van der Waals surface area contributed by atoms with Crippen molar-refractivity contribution in [3.8, 4) is 0 Å². The number of nitrogens with zero attached hydrogens (tertiary/aromatic N) is 3. The van der Waals surface area contributed by atoms with Gasteiger partial charge in [-0.3, -0.25) is 10.0 Å². The normalized spacial score (nSPS) is 16.5. The van der Waals surface area contributed by atoms with E-state index < -0.39 is 0 Å². The van der Waals surface area contributed by atoms with E-state index in [9.17, 15) is 0 Å². The molecule has 1 rings (SSSR count). The Morgan fingerprint density at radius 3 is 2.33 bits per heavy atom. The fraction of sp³-hybridized carbons (Fsp3) is 0.875. The summed E-state index contributed by atoms with van der Waals surface area (Å²) in [5.74, 6) is 6.59. The van der Waals surface area contributed by atoms with E-state index >= 15 is 0 Å². The molecule has 0 aliphatic carbocycles. The summed E-state index contributed by atoms with van der Waals surface area (Å²) in [4.78, 5) is 6.57. The van der Waals surface area contributed by atoms with Gasteiger partial charge in [0.15, 0.2) is 0 Å². The first-order chi connectivity index (χ1) is 6.25. The van der Waals surface area contributed by atoms with Gasteiger partial charge in [-0.15, -0.1) is 24.8 Å². The van der Waals surface area contributed by atoms with Crippen LogP contribution in [0.3, 0.4) is 0 Å². The van der Waals surface area contributed by atoms with E-state index in [1.807, 2.05) is 14.0 Å². The molecule has 0 saturated carbocycles. The molecule has 1 aliphatic rings. The second kappa shape index (κ2) is 9.03. The summed E-state index contributed by atoms with van der Waals surface area (Å²) in [6.07, 6.45) is 0. The lowest BCUT2D eigenvalue weighted by atomic mass is 10.4. The third-order valence-corrected chi connectivity index (χ3v) is 2.01. The predicted molar refractivity (Wildman–Crippen MR) is 68.9 cm³/mol. The lowest BCUT2D eigenvalue weighted by Crippen LogP contribution is -2.53. The Morgan fingerprint density at radius 1 is 1.40 bits per heavy atom. The zero-order valence-corrected chi connectivity index (χ0v) is 10.9. The Balaban J connectivity index is 0. The molecule has 0 spiro atoms. The Bertz CT molecular complexity index is 180. The number of nitrogens with two attached hydrogens (primary N) is 1. The minimum absolute atomic E-state index is 0. The van der Waals surface area contributed by atoms with Crippen LogP contribution in [0.1, 0.15) is 6.92 Å². The topological polar surface area (TPSA) is 56.9 Å².